The minimum Gasteiger partial charge on any atom is -0.377 e. The van der Waals surface area contributed by atoms with Crippen molar-refractivity contribution in [2.24, 2.45) is 5.84 Å². The molecule has 1 aliphatic rings. The van der Waals surface area contributed by atoms with Crippen molar-refractivity contribution in [3.8, 4) is 0 Å². The molecule has 2 rings (SSSR count). The van der Waals surface area contributed by atoms with E-state index in [1.54, 1.807) is 18.4 Å². The number of hydrogen-bond donors (Lipinski definition) is 2. The maximum Gasteiger partial charge on any atom is 0.0848 e. The van der Waals surface area contributed by atoms with Gasteiger partial charge in [-0.2, -0.15) is 0 Å². The van der Waals surface area contributed by atoms with Gasteiger partial charge in [0.25, 0.3) is 0 Å². The van der Waals surface area contributed by atoms with E-state index in [1.807, 2.05) is 11.7 Å². The van der Waals surface area contributed by atoms with Crippen LogP contribution in [0.15, 0.2) is 11.7 Å². The van der Waals surface area contributed by atoms with Gasteiger partial charge in [0.1, 0.15) is 0 Å². The fraction of sp³-hybridized carbons (Fsp3) is 0.700. The molecule has 0 aromatic carbocycles. The highest BCUT2D eigenvalue weighted by atomic mass is 32.1. The maximum absolute atomic E-state index is 5.62. The summed E-state index contributed by atoms with van der Waals surface area (Å²) < 4.78 is 5.62. The van der Waals surface area contributed by atoms with E-state index in [4.69, 9.17) is 10.6 Å². The van der Waals surface area contributed by atoms with E-state index < -0.39 is 0 Å². The minimum absolute atomic E-state index is 0.0568. The van der Waals surface area contributed by atoms with E-state index in [0.29, 0.717) is 0 Å². The van der Waals surface area contributed by atoms with Crippen LogP contribution in [0.4, 0.5) is 0 Å². The molecule has 1 fully saturated rings. The van der Waals surface area contributed by atoms with Crippen LogP contribution in [0.1, 0.15) is 24.1 Å². The number of hydrazine groups is 1. The lowest BCUT2D eigenvalue weighted by Gasteiger charge is -2.46. The molecule has 0 radical (unpaired) electrons. The number of aromatic nitrogens is 1. The number of nitrogens with zero attached hydrogens (tertiary/aromatic N) is 1. The molecule has 4 nitrogen and oxygen atoms in total. The number of ether oxygens (including phenoxy) is 1. The molecule has 1 heterocycles. The Hall–Kier alpha value is -0.490. The topological polar surface area (TPSA) is 60.2 Å². The Kier molecular flexibility index (Phi) is 3.35. The zero-order chi connectivity index (χ0) is 10.7. The fourth-order valence-electron chi connectivity index (χ4n) is 2.16. The third-order valence-electron chi connectivity index (χ3n) is 3.33. The summed E-state index contributed by atoms with van der Waals surface area (Å²) in [5.74, 6) is 5.61. The van der Waals surface area contributed by atoms with Crippen molar-refractivity contribution in [3.63, 3.8) is 0 Å². The molecule has 0 spiro atoms. The number of methoxy groups -OCH3 is 1. The van der Waals surface area contributed by atoms with Gasteiger partial charge in [0.2, 0.25) is 0 Å². The largest absolute Gasteiger partial charge is 0.377 e. The number of nitrogens with two attached hydrogens (primary N) is 1. The van der Waals surface area contributed by atoms with Crippen LogP contribution in [0, 0.1) is 0 Å². The second-order valence-corrected chi connectivity index (χ2v) is 4.98. The monoisotopic (exact) mass is 227 g/mol. The third-order valence-corrected chi connectivity index (χ3v) is 4.13. The summed E-state index contributed by atoms with van der Waals surface area (Å²) in [6.07, 6.45) is 6.22. The Morgan fingerprint density at radius 3 is 2.93 bits per heavy atom. The Labute approximate surface area is 93.8 Å². The molecular weight excluding hydrogens is 210 g/mol. The van der Waals surface area contributed by atoms with Gasteiger partial charge >= 0.3 is 0 Å². The van der Waals surface area contributed by atoms with E-state index in [1.165, 1.54) is 11.3 Å². The second-order valence-electron chi connectivity index (χ2n) is 4.01. The maximum atomic E-state index is 5.62. The van der Waals surface area contributed by atoms with Crippen molar-refractivity contribution in [1.29, 1.82) is 0 Å². The first-order chi connectivity index (χ1) is 7.30. The molecule has 3 N–H and O–H groups in total. The molecule has 1 unspecified atom stereocenters. The molecular formula is C10H17N3OS. The van der Waals surface area contributed by atoms with Crippen molar-refractivity contribution in [1.82, 2.24) is 10.4 Å². The quantitative estimate of drug-likeness (QED) is 0.584. The summed E-state index contributed by atoms with van der Waals surface area (Å²) >= 11 is 1.67. The summed E-state index contributed by atoms with van der Waals surface area (Å²) in [6, 6.07) is 0.191. The van der Waals surface area contributed by atoms with Crippen LogP contribution in [0.5, 0.6) is 0 Å². The Morgan fingerprint density at radius 2 is 2.53 bits per heavy atom. The first-order valence-electron chi connectivity index (χ1n) is 5.19. The second kappa shape index (κ2) is 4.57. The Bertz CT molecular complexity index is 292. The summed E-state index contributed by atoms with van der Waals surface area (Å²) in [4.78, 5) is 5.32. The molecule has 1 aromatic rings. The highest BCUT2D eigenvalue weighted by Gasteiger charge is 2.44. The van der Waals surface area contributed by atoms with Gasteiger partial charge in [-0.25, -0.2) is 0 Å². The number of hydrogen-bond acceptors (Lipinski definition) is 5. The average Bonchev–Trinajstić information content (AvgIpc) is 2.68. The van der Waals surface area contributed by atoms with E-state index in [0.717, 1.165) is 19.3 Å². The van der Waals surface area contributed by atoms with Crippen LogP contribution < -0.4 is 11.3 Å². The molecule has 1 aliphatic carbocycles. The molecule has 0 saturated heterocycles. The molecule has 0 amide bonds. The molecule has 15 heavy (non-hydrogen) atoms. The van der Waals surface area contributed by atoms with E-state index >= 15 is 0 Å². The standard InChI is InChI=1S/C10H17N3OS/c1-14-10(3-2-4-10)9(13-11)5-8-6-12-7-15-8/h6-7,9,13H,2-5,11H2,1H3. The molecule has 84 valence electrons. The zero-order valence-electron chi connectivity index (χ0n) is 8.90. The average molecular weight is 227 g/mol. The summed E-state index contributed by atoms with van der Waals surface area (Å²) in [5.41, 5.74) is 4.68. The van der Waals surface area contributed by atoms with Gasteiger partial charge in [-0.1, -0.05) is 0 Å². The summed E-state index contributed by atoms with van der Waals surface area (Å²) in [5, 5.41) is 0. The fourth-order valence-corrected chi connectivity index (χ4v) is 2.80. The number of rotatable bonds is 5. The lowest BCUT2D eigenvalue weighted by Crippen LogP contribution is -2.59. The van der Waals surface area contributed by atoms with Crippen LogP contribution in [-0.2, 0) is 11.2 Å². The minimum atomic E-state index is -0.0568. The molecule has 0 aliphatic heterocycles. The van der Waals surface area contributed by atoms with Gasteiger partial charge in [-0.15, -0.1) is 11.3 Å². The van der Waals surface area contributed by atoms with Crippen molar-refractivity contribution < 1.29 is 4.74 Å². The van der Waals surface area contributed by atoms with Gasteiger partial charge in [-0.3, -0.25) is 16.3 Å². The number of thiazole rings is 1. The van der Waals surface area contributed by atoms with Crippen molar-refractivity contribution in [2.45, 2.75) is 37.3 Å². The van der Waals surface area contributed by atoms with Crippen LogP contribution in [0.25, 0.3) is 0 Å². The van der Waals surface area contributed by atoms with E-state index in [9.17, 15) is 0 Å². The third kappa shape index (κ3) is 2.06. The summed E-state index contributed by atoms with van der Waals surface area (Å²) in [7, 11) is 1.77. The van der Waals surface area contributed by atoms with Crippen LogP contribution in [-0.4, -0.2) is 23.7 Å². The summed E-state index contributed by atoms with van der Waals surface area (Å²) in [6.45, 7) is 0. The van der Waals surface area contributed by atoms with Gasteiger partial charge in [0, 0.05) is 24.6 Å². The normalized spacial score (nSPS) is 20.9. The van der Waals surface area contributed by atoms with Crippen molar-refractivity contribution in [2.75, 3.05) is 7.11 Å². The highest BCUT2D eigenvalue weighted by Crippen LogP contribution is 2.39. The van der Waals surface area contributed by atoms with Crippen LogP contribution >= 0.6 is 11.3 Å². The lowest BCUT2D eigenvalue weighted by atomic mass is 9.73. The Morgan fingerprint density at radius 1 is 1.73 bits per heavy atom. The molecule has 5 heteroatoms. The molecule has 1 atom stereocenters. The van der Waals surface area contributed by atoms with Gasteiger partial charge in [-0.05, 0) is 19.3 Å². The molecule has 1 saturated carbocycles. The first kappa shape index (κ1) is 11.0. The predicted octanol–water partition coefficient (Wildman–Crippen LogP) is 1.09. The predicted molar refractivity (Wildman–Crippen MR) is 60.5 cm³/mol. The van der Waals surface area contributed by atoms with Crippen molar-refractivity contribution in [3.05, 3.63) is 16.6 Å². The first-order valence-corrected chi connectivity index (χ1v) is 6.07. The molecule has 1 aromatic heterocycles. The van der Waals surface area contributed by atoms with Gasteiger partial charge in [0.15, 0.2) is 0 Å². The highest BCUT2D eigenvalue weighted by molar-refractivity contribution is 7.09. The smallest absolute Gasteiger partial charge is 0.0848 e. The Balaban J connectivity index is 2.03. The van der Waals surface area contributed by atoms with Crippen LogP contribution in [0.2, 0.25) is 0 Å². The SMILES string of the molecule is COC1(C(Cc2cncs2)NN)CCC1. The zero-order valence-corrected chi connectivity index (χ0v) is 9.72. The van der Waals surface area contributed by atoms with Crippen molar-refractivity contribution >= 4 is 11.3 Å². The van der Waals surface area contributed by atoms with E-state index in [2.05, 4.69) is 10.4 Å². The number of nitrogens with one attached hydrogen (secondary N) is 1. The van der Waals surface area contributed by atoms with E-state index in [-0.39, 0.29) is 11.6 Å². The van der Waals surface area contributed by atoms with Crippen LogP contribution in [0.3, 0.4) is 0 Å². The van der Waals surface area contributed by atoms with Gasteiger partial charge < -0.3 is 4.74 Å². The molecule has 0 bridgehead atoms. The lowest BCUT2D eigenvalue weighted by molar-refractivity contribution is -0.0980. The van der Waals surface area contributed by atoms with Gasteiger partial charge in [0.05, 0.1) is 17.2 Å².